The van der Waals surface area contributed by atoms with E-state index in [1.807, 2.05) is 13.8 Å². The SMILES string of the molecule is CNC(=O)C(OCC1CCCC1)C(C)C. The summed E-state index contributed by atoms with van der Waals surface area (Å²) in [4.78, 5) is 11.5. The lowest BCUT2D eigenvalue weighted by atomic mass is 10.1. The van der Waals surface area contributed by atoms with Crippen LogP contribution in [0.2, 0.25) is 0 Å². The molecule has 88 valence electrons. The van der Waals surface area contributed by atoms with E-state index in [0.717, 1.165) is 6.61 Å². The van der Waals surface area contributed by atoms with Gasteiger partial charge in [-0.1, -0.05) is 26.7 Å². The summed E-state index contributed by atoms with van der Waals surface area (Å²) in [6.45, 7) is 4.79. The molecule has 1 aliphatic carbocycles. The third-order valence-electron chi connectivity index (χ3n) is 3.10. The first-order chi connectivity index (χ1) is 7.15. The first-order valence-electron chi connectivity index (χ1n) is 5.98. The average Bonchev–Trinajstić information content (AvgIpc) is 2.70. The van der Waals surface area contributed by atoms with Crippen LogP contribution in [0, 0.1) is 11.8 Å². The predicted octanol–water partition coefficient (Wildman–Crippen LogP) is 1.96. The van der Waals surface area contributed by atoms with Crippen LogP contribution in [0.1, 0.15) is 39.5 Å². The minimum absolute atomic E-state index is 0.00277. The molecule has 0 spiro atoms. The molecule has 0 bridgehead atoms. The van der Waals surface area contributed by atoms with E-state index in [-0.39, 0.29) is 17.9 Å². The fourth-order valence-electron chi connectivity index (χ4n) is 2.13. The Morgan fingerprint density at radius 2 is 2.00 bits per heavy atom. The summed E-state index contributed by atoms with van der Waals surface area (Å²) in [5.74, 6) is 0.922. The maximum atomic E-state index is 11.5. The molecule has 0 aliphatic heterocycles. The number of likely N-dealkylation sites (N-methyl/N-ethyl adjacent to an activating group) is 1. The zero-order valence-electron chi connectivity index (χ0n) is 10.1. The summed E-state index contributed by atoms with van der Waals surface area (Å²) in [7, 11) is 1.66. The van der Waals surface area contributed by atoms with Crippen molar-refractivity contribution in [3.63, 3.8) is 0 Å². The van der Waals surface area contributed by atoms with Gasteiger partial charge in [0.25, 0.3) is 0 Å². The monoisotopic (exact) mass is 213 g/mol. The van der Waals surface area contributed by atoms with Crippen molar-refractivity contribution in [2.24, 2.45) is 11.8 Å². The highest BCUT2D eigenvalue weighted by molar-refractivity contribution is 5.80. The Balaban J connectivity index is 2.33. The van der Waals surface area contributed by atoms with E-state index < -0.39 is 0 Å². The van der Waals surface area contributed by atoms with E-state index in [1.54, 1.807) is 7.05 Å². The first-order valence-corrected chi connectivity index (χ1v) is 5.98. The van der Waals surface area contributed by atoms with Crippen LogP contribution in [0.3, 0.4) is 0 Å². The molecular formula is C12H23NO2. The number of rotatable bonds is 5. The van der Waals surface area contributed by atoms with E-state index in [1.165, 1.54) is 25.7 Å². The minimum Gasteiger partial charge on any atom is -0.368 e. The standard InChI is InChI=1S/C12H23NO2/c1-9(2)11(12(14)13-3)15-8-10-6-4-5-7-10/h9-11H,4-8H2,1-3H3,(H,13,14). The fraction of sp³-hybridized carbons (Fsp3) is 0.917. The fourth-order valence-corrected chi connectivity index (χ4v) is 2.13. The third kappa shape index (κ3) is 3.82. The minimum atomic E-state index is -0.282. The van der Waals surface area contributed by atoms with Crippen LogP contribution < -0.4 is 5.32 Å². The Hall–Kier alpha value is -0.570. The van der Waals surface area contributed by atoms with Gasteiger partial charge in [0.1, 0.15) is 6.10 Å². The summed E-state index contributed by atoms with van der Waals surface area (Å²) in [5, 5.41) is 2.66. The molecule has 1 rings (SSSR count). The molecule has 1 atom stereocenters. The Morgan fingerprint density at radius 3 is 2.47 bits per heavy atom. The molecule has 0 saturated heterocycles. The van der Waals surface area contributed by atoms with E-state index in [2.05, 4.69) is 5.32 Å². The van der Waals surface area contributed by atoms with Gasteiger partial charge in [0.05, 0.1) is 6.61 Å². The van der Waals surface area contributed by atoms with Gasteiger partial charge in [0, 0.05) is 7.05 Å². The van der Waals surface area contributed by atoms with Gasteiger partial charge in [-0.25, -0.2) is 0 Å². The zero-order chi connectivity index (χ0) is 11.3. The largest absolute Gasteiger partial charge is 0.368 e. The quantitative estimate of drug-likeness (QED) is 0.758. The van der Waals surface area contributed by atoms with Crippen molar-refractivity contribution in [2.75, 3.05) is 13.7 Å². The lowest BCUT2D eigenvalue weighted by Crippen LogP contribution is -2.38. The molecule has 1 amide bonds. The molecule has 0 aromatic carbocycles. The molecule has 1 fully saturated rings. The predicted molar refractivity (Wildman–Crippen MR) is 60.6 cm³/mol. The second-order valence-electron chi connectivity index (χ2n) is 4.76. The van der Waals surface area contributed by atoms with Crippen molar-refractivity contribution in [1.29, 1.82) is 0 Å². The van der Waals surface area contributed by atoms with Crippen molar-refractivity contribution in [1.82, 2.24) is 5.32 Å². The number of hydrogen-bond acceptors (Lipinski definition) is 2. The van der Waals surface area contributed by atoms with E-state index in [0.29, 0.717) is 5.92 Å². The molecule has 3 nitrogen and oxygen atoms in total. The topological polar surface area (TPSA) is 38.3 Å². The second kappa shape index (κ2) is 6.11. The van der Waals surface area contributed by atoms with E-state index >= 15 is 0 Å². The normalized spacial score (nSPS) is 19.5. The summed E-state index contributed by atoms with van der Waals surface area (Å²) in [5.41, 5.74) is 0. The molecule has 0 aromatic heterocycles. The Morgan fingerprint density at radius 1 is 1.40 bits per heavy atom. The van der Waals surface area contributed by atoms with Gasteiger partial charge in [-0.15, -0.1) is 0 Å². The van der Waals surface area contributed by atoms with Gasteiger partial charge < -0.3 is 10.1 Å². The second-order valence-corrected chi connectivity index (χ2v) is 4.76. The lowest BCUT2D eigenvalue weighted by molar-refractivity contribution is -0.136. The third-order valence-corrected chi connectivity index (χ3v) is 3.10. The van der Waals surface area contributed by atoms with Crippen LogP contribution in [0.5, 0.6) is 0 Å². The number of ether oxygens (including phenoxy) is 1. The molecular weight excluding hydrogens is 190 g/mol. The van der Waals surface area contributed by atoms with Gasteiger partial charge in [0.15, 0.2) is 0 Å². The van der Waals surface area contributed by atoms with Crippen LogP contribution in [0.25, 0.3) is 0 Å². The van der Waals surface area contributed by atoms with Crippen molar-refractivity contribution >= 4 is 5.91 Å². The maximum Gasteiger partial charge on any atom is 0.249 e. The van der Waals surface area contributed by atoms with Gasteiger partial charge in [-0.2, -0.15) is 0 Å². The summed E-state index contributed by atoms with van der Waals surface area (Å²) >= 11 is 0. The van der Waals surface area contributed by atoms with E-state index in [4.69, 9.17) is 4.74 Å². The molecule has 1 unspecified atom stereocenters. The number of carbonyl (C=O) groups is 1. The molecule has 1 saturated carbocycles. The molecule has 3 heteroatoms. The zero-order valence-corrected chi connectivity index (χ0v) is 10.1. The van der Waals surface area contributed by atoms with Gasteiger partial charge in [-0.05, 0) is 24.7 Å². The van der Waals surface area contributed by atoms with Crippen LogP contribution in [0.4, 0.5) is 0 Å². The summed E-state index contributed by atoms with van der Waals surface area (Å²) < 4.78 is 5.73. The van der Waals surface area contributed by atoms with Crippen molar-refractivity contribution < 1.29 is 9.53 Å². The van der Waals surface area contributed by atoms with Gasteiger partial charge >= 0.3 is 0 Å². The molecule has 1 N–H and O–H groups in total. The molecule has 0 aromatic rings. The van der Waals surface area contributed by atoms with E-state index in [9.17, 15) is 4.79 Å². The Bertz CT molecular complexity index is 198. The van der Waals surface area contributed by atoms with Gasteiger partial charge in [0.2, 0.25) is 5.91 Å². The van der Waals surface area contributed by atoms with Crippen molar-refractivity contribution in [2.45, 2.75) is 45.6 Å². The van der Waals surface area contributed by atoms with Crippen LogP contribution in [-0.4, -0.2) is 25.7 Å². The van der Waals surface area contributed by atoms with Crippen molar-refractivity contribution in [3.05, 3.63) is 0 Å². The van der Waals surface area contributed by atoms with Gasteiger partial charge in [-0.3, -0.25) is 4.79 Å². The number of hydrogen-bond donors (Lipinski definition) is 1. The van der Waals surface area contributed by atoms with Crippen LogP contribution >= 0.6 is 0 Å². The molecule has 0 heterocycles. The number of amides is 1. The summed E-state index contributed by atoms with van der Waals surface area (Å²) in [6.07, 6.45) is 4.88. The first kappa shape index (κ1) is 12.5. The Labute approximate surface area is 92.6 Å². The highest BCUT2D eigenvalue weighted by Gasteiger charge is 2.24. The highest BCUT2D eigenvalue weighted by Crippen LogP contribution is 2.25. The van der Waals surface area contributed by atoms with Crippen LogP contribution in [0.15, 0.2) is 0 Å². The van der Waals surface area contributed by atoms with Crippen molar-refractivity contribution in [3.8, 4) is 0 Å². The summed E-state index contributed by atoms with van der Waals surface area (Å²) in [6, 6.07) is 0. The van der Waals surface area contributed by atoms with Crippen LogP contribution in [-0.2, 0) is 9.53 Å². The number of nitrogens with one attached hydrogen (secondary N) is 1. The Kier molecular flexibility index (Phi) is 5.09. The molecule has 1 aliphatic rings. The molecule has 15 heavy (non-hydrogen) atoms. The average molecular weight is 213 g/mol. The number of carbonyl (C=O) groups excluding carboxylic acids is 1. The smallest absolute Gasteiger partial charge is 0.249 e. The lowest BCUT2D eigenvalue weighted by Gasteiger charge is -2.21. The molecule has 0 radical (unpaired) electrons. The maximum absolute atomic E-state index is 11.5. The highest BCUT2D eigenvalue weighted by atomic mass is 16.5.